The van der Waals surface area contributed by atoms with Gasteiger partial charge in [0, 0.05) is 6.04 Å². The van der Waals surface area contributed by atoms with Gasteiger partial charge >= 0.3 is 0 Å². The molecular weight excluding hydrogens is 268 g/mol. The molecule has 96 valence electrons. The van der Waals surface area contributed by atoms with Crippen molar-refractivity contribution in [2.45, 2.75) is 19.4 Å². The summed E-state index contributed by atoms with van der Waals surface area (Å²) in [4.78, 5) is 4.50. The smallest absolute Gasteiger partial charge is 0.184 e. The van der Waals surface area contributed by atoms with Gasteiger partial charge in [-0.1, -0.05) is 17.4 Å². The van der Waals surface area contributed by atoms with Gasteiger partial charge in [-0.15, -0.1) is 0 Å². The molecule has 0 aliphatic carbocycles. The van der Waals surface area contributed by atoms with E-state index in [2.05, 4.69) is 22.4 Å². The van der Waals surface area contributed by atoms with Crippen LogP contribution in [-0.4, -0.2) is 30.9 Å². The number of nitrogens with one attached hydrogen (secondary N) is 1. The Morgan fingerprint density at radius 3 is 3.00 bits per heavy atom. The SMILES string of the molecule is Cc1ccc2sc(NC3CCS(=O)(=O)C3)nc2c1. The molecule has 1 N–H and O–H groups in total. The first-order chi connectivity index (χ1) is 8.52. The van der Waals surface area contributed by atoms with Gasteiger partial charge in [0.15, 0.2) is 15.0 Å². The minimum absolute atomic E-state index is 0.0108. The maximum atomic E-state index is 11.4. The van der Waals surface area contributed by atoms with Crippen LogP contribution in [-0.2, 0) is 9.84 Å². The van der Waals surface area contributed by atoms with Crippen LogP contribution in [0, 0.1) is 6.92 Å². The Morgan fingerprint density at radius 1 is 1.44 bits per heavy atom. The van der Waals surface area contributed by atoms with Crippen molar-refractivity contribution >= 4 is 36.5 Å². The summed E-state index contributed by atoms with van der Waals surface area (Å²) in [5.74, 6) is 0.511. The third kappa shape index (κ3) is 2.35. The highest BCUT2D eigenvalue weighted by atomic mass is 32.2. The van der Waals surface area contributed by atoms with Crippen LogP contribution in [0.3, 0.4) is 0 Å². The second kappa shape index (κ2) is 4.20. The topological polar surface area (TPSA) is 59.1 Å². The lowest BCUT2D eigenvalue weighted by molar-refractivity contribution is 0.602. The normalized spacial score (nSPS) is 22.4. The van der Waals surface area contributed by atoms with Crippen molar-refractivity contribution in [1.29, 1.82) is 0 Å². The zero-order valence-electron chi connectivity index (χ0n) is 10.0. The Kier molecular flexibility index (Phi) is 2.79. The van der Waals surface area contributed by atoms with Crippen LogP contribution in [0.15, 0.2) is 18.2 Å². The number of nitrogens with zero attached hydrogens (tertiary/aromatic N) is 1. The molecule has 1 aliphatic rings. The first kappa shape index (κ1) is 11.9. The Bertz CT molecular complexity index is 691. The maximum Gasteiger partial charge on any atom is 0.184 e. The lowest BCUT2D eigenvalue weighted by atomic mass is 10.2. The van der Waals surface area contributed by atoms with Gasteiger partial charge in [-0.3, -0.25) is 0 Å². The second-order valence-electron chi connectivity index (χ2n) is 4.73. The third-order valence-electron chi connectivity index (χ3n) is 3.10. The van der Waals surface area contributed by atoms with E-state index in [9.17, 15) is 8.42 Å². The number of anilines is 1. The molecule has 0 bridgehead atoms. The lowest BCUT2D eigenvalue weighted by Crippen LogP contribution is -2.20. The molecule has 0 radical (unpaired) electrons. The van der Waals surface area contributed by atoms with Crippen molar-refractivity contribution in [3.05, 3.63) is 23.8 Å². The molecule has 18 heavy (non-hydrogen) atoms. The van der Waals surface area contributed by atoms with Crippen LogP contribution < -0.4 is 5.32 Å². The molecule has 0 saturated carbocycles. The number of fused-ring (bicyclic) bond motifs is 1. The molecule has 1 aliphatic heterocycles. The van der Waals surface area contributed by atoms with Gasteiger partial charge < -0.3 is 5.32 Å². The number of benzene rings is 1. The van der Waals surface area contributed by atoms with Gasteiger partial charge in [0.1, 0.15) is 0 Å². The fourth-order valence-corrected chi connectivity index (χ4v) is 4.78. The molecule has 2 heterocycles. The van der Waals surface area contributed by atoms with Crippen molar-refractivity contribution in [3.63, 3.8) is 0 Å². The molecule has 1 fully saturated rings. The molecule has 3 rings (SSSR count). The van der Waals surface area contributed by atoms with Gasteiger partial charge in [0.2, 0.25) is 0 Å². The minimum Gasteiger partial charge on any atom is -0.358 e. The van der Waals surface area contributed by atoms with Gasteiger partial charge in [0.25, 0.3) is 0 Å². The van der Waals surface area contributed by atoms with Crippen molar-refractivity contribution in [3.8, 4) is 0 Å². The highest BCUT2D eigenvalue weighted by Gasteiger charge is 2.28. The Balaban J connectivity index is 1.83. The average Bonchev–Trinajstić information content (AvgIpc) is 2.81. The number of aryl methyl sites for hydroxylation is 1. The second-order valence-corrected chi connectivity index (χ2v) is 7.99. The Labute approximate surface area is 110 Å². The summed E-state index contributed by atoms with van der Waals surface area (Å²) in [6.07, 6.45) is 0.678. The summed E-state index contributed by atoms with van der Waals surface area (Å²) in [7, 11) is -2.84. The van der Waals surface area contributed by atoms with E-state index in [1.807, 2.05) is 13.0 Å². The van der Waals surface area contributed by atoms with E-state index in [1.54, 1.807) is 11.3 Å². The fourth-order valence-electron chi connectivity index (χ4n) is 2.18. The molecule has 1 atom stereocenters. The predicted molar refractivity (Wildman–Crippen MR) is 75.0 cm³/mol. The summed E-state index contributed by atoms with van der Waals surface area (Å²) in [5.41, 5.74) is 2.16. The van der Waals surface area contributed by atoms with Crippen molar-refractivity contribution in [2.75, 3.05) is 16.8 Å². The van der Waals surface area contributed by atoms with Crippen molar-refractivity contribution in [1.82, 2.24) is 4.98 Å². The molecule has 0 amide bonds. The molecular formula is C12H14N2O2S2. The van der Waals surface area contributed by atoms with E-state index >= 15 is 0 Å². The summed E-state index contributed by atoms with van der Waals surface area (Å²) in [6.45, 7) is 2.04. The number of sulfone groups is 1. The first-order valence-corrected chi connectivity index (χ1v) is 8.50. The molecule has 1 aromatic heterocycles. The zero-order chi connectivity index (χ0) is 12.8. The molecule has 6 heteroatoms. The quantitative estimate of drug-likeness (QED) is 0.917. The maximum absolute atomic E-state index is 11.4. The van der Waals surface area contributed by atoms with E-state index in [-0.39, 0.29) is 17.5 Å². The van der Waals surface area contributed by atoms with E-state index in [0.29, 0.717) is 6.42 Å². The number of hydrogen-bond acceptors (Lipinski definition) is 5. The highest BCUT2D eigenvalue weighted by Crippen LogP contribution is 2.28. The van der Waals surface area contributed by atoms with Crippen LogP contribution in [0.25, 0.3) is 10.2 Å². The lowest BCUT2D eigenvalue weighted by Gasteiger charge is -2.07. The average molecular weight is 282 g/mol. The summed E-state index contributed by atoms with van der Waals surface area (Å²) in [6, 6.07) is 6.17. The largest absolute Gasteiger partial charge is 0.358 e. The Morgan fingerprint density at radius 2 is 2.28 bits per heavy atom. The number of hydrogen-bond donors (Lipinski definition) is 1. The van der Waals surface area contributed by atoms with Gasteiger partial charge in [0.05, 0.1) is 21.7 Å². The summed E-state index contributed by atoms with van der Waals surface area (Å²) < 4.78 is 23.9. The number of rotatable bonds is 2. The van der Waals surface area contributed by atoms with Crippen LogP contribution in [0.4, 0.5) is 5.13 Å². The fraction of sp³-hybridized carbons (Fsp3) is 0.417. The first-order valence-electron chi connectivity index (χ1n) is 5.86. The van der Waals surface area contributed by atoms with Crippen molar-refractivity contribution < 1.29 is 8.42 Å². The summed E-state index contributed by atoms with van der Waals surface area (Å²) >= 11 is 1.58. The molecule has 4 nitrogen and oxygen atoms in total. The van der Waals surface area contributed by atoms with Crippen LogP contribution in [0.2, 0.25) is 0 Å². The van der Waals surface area contributed by atoms with Gasteiger partial charge in [-0.05, 0) is 31.0 Å². The minimum atomic E-state index is -2.84. The standard InChI is InChI=1S/C12H14N2O2S2/c1-8-2-3-11-10(6-8)14-12(17-11)13-9-4-5-18(15,16)7-9/h2-3,6,9H,4-5,7H2,1H3,(H,13,14). The van der Waals surface area contributed by atoms with Crippen LogP contribution >= 0.6 is 11.3 Å². The predicted octanol–water partition coefficient (Wildman–Crippen LogP) is 2.20. The van der Waals surface area contributed by atoms with Crippen molar-refractivity contribution in [2.24, 2.45) is 0 Å². The number of aromatic nitrogens is 1. The van der Waals surface area contributed by atoms with Gasteiger partial charge in [-0.2, -0.15) is 0 Å². The van der Waals surface area contributed by atoms with E-state index in [0.717, 1.165) is 15.3 Å². The molecule has 2 aromatic rings. The van der Waals surface area contributed by atoms with E-state index in [4.69, 9.17) is 0 Å². The molecule has 1 unspecified atom stereocenters. The Hall–Kier alpha value is -1.14. The van der Waals surface area contributed by atoms with Crippen LogP contribution in [0.5, 0.6) is 0 Å². The van der Waals surface area contributed by atoms with Crippen LogP contribution in [0.1, 0.15) is 12.0 Å². The number of thiazole rings is 1. The third-order valence-corrected chi connectivity index (χ3v) is 5.84. The van der Waals surface area contributed by atoms with E-state index in [1.165, 1.54) is 5.56 Å². The zero-order valence-corrected chi connectivity index (χ0v) is 11.6. The molecule has 0 spiro atoms. The summed E-state index contributed by atoms with van der Waals surface area (Å²) in [5, 5.41) is 4.05. The molecule has 1 aromatic carbocycles. The molecule has 1 saturated heterocycles. The monoisotopic (exact) mass is 282 g/mol. The highest BCUT2D eigenvalue weighted by molar-refractivity contribution is 7.91. The van der Waals surface area contributed by atoms with E-state index < -0.39 is 9.84 Å². The van der Waals surface area contributed by atoms with Gasteiger partial charge in [-0.25, -0.2) is 13.4 Å².